The highest BCUT2D eigenvalue weighted by Crippen LogP contribution is 2.20. The minimum atomic E-state index is -0.466. The lowest BCUT2D eigenvalue weighted by Gasteiger charge is -2.20. The maximum absolute atomic E-state index is 12.7. The van der Waals surface area contributed by atoms with Crippen LogP contribution in [-0.4, -0.2) is 30.5 Å². The maximum Gasteiger partial charge on any atom is 0.269 e. The number of carbonyl (C=O) groups excluding carboxylic acids is 1. The summed E-state index contributed by atoms with van der Waals surface area (Å²) in [6, 6.07) is 15.6. The lowest BCUT2D eigenvalue weighted by molar-refractivity contribution is -0.896. The first-order valence-corrected chi connectivity index (χ1v) is 9.99. The molecule has 1 unspecified atom stereocenters. The third-order valence-electron chi connectivity index (χ3n) is 5.12. The molecule has 0 saturated heterocycles. The molecule has 28 heavy (non-hydrogen) atoms. The van der Waals surface area contributed by atoms with Crippen LogP contribution in [0.5, 0.6) is 0 Å². The van der Waals surface area contributed by atoms with Gasteiger partial charge in [-0.1, -0.05) is 30.3 Å². The fourth-order valence-electron chi connectivity index (χ4n) is 3.31. The molecule has 150 valence electrons. The van der Waals surface area contributed by atoms with E-state index >= 15 is 0 Å². The molecular formula is C22H30N3O3+. The van der Waals surface area contributed by atoms with Crippen LogP contribution in [0, 0.1) is 10.1 Å². The number of non-ortho nitro benzene ring substituents is 1. The molecule has 1 amide bonds. The highest BCUT2D eigenvalue weighted by Gasteiger charge is 2.17. The lowest BCUT2D eigenvalue weighted by atomic mass is 10.00. The van der Waals surface area contributed by atoms with Gasteiger partial charge in [0, 0.05) is 17.7 Å². The molecule has 2 N–H and O–H groups in total. The van der Waals surface area contributed by atoms with Crippen LogP contribution >= 0.6 is 0 Å². The monoisotopic (exact) mass is 384 g/mol. The normalized spacial score (nSPS) is 12.0. The standard InChI is InChI=1S/C22H29N3O3/c1-3-24(4-2)17-9-8-12-21(18-10-6-5-7-11-18)23-22(26)19-13-15-20(16-14-19)25(27)28/h5-7,10-11,13-16,21H,3-4,8-9,12,17H2,1-2H3,(H,23,26)/p+1. The molecule has 0 fully saturated rings. The summed E-state index contributed by atoms with van der Waals surface area (Å²) in [7, 11) is 0. The van der Waals surface area contributed by atoms with Crippen molar-refractivity contribution in [2.45, 2.75) is 39.2 Å². The van der Waals surface area contributed by atoms with E-state index in [-0.39, 0.29) is 17.6 Å². The first kappa shape index (κ1) is 21.6. The van der Waals surface area contributed by atoms with Crippen LogP contribution in [-0.2, 0) is 0 Å². The van der Waals surface area contributed by atoms with E-state index in [1.807, 2.05) is 30.3 Å². The van der Waals surface area contributed by atoms with Crippen molar-refractivity contribution < 1.29 is 14.6 Å². The van der Waals surface area contributed by atoms with Gasteiger partial charge in [-0.05, 0) is 50.8 Å². The van der Waals surface area contributed by atoms with Gasteiger partial charge in [0.05, 0.1) is 30.6 Å². The number of nitro benzene ring substituents is 1. The largest absolute Gasteiger partial charge is 0.345 e. The number of hydrogen-bond acceptors (Lipinski definition) is 3. The van der Waals surface area contributed by atoms with E-state index in [0.717, 1.165) is 44.5 Å². The molecule has 2 aromatic carbocycles. The minimum absolute atomic E-state index is 0.0185. The van der Waals surface area contributed by atoms with E-state index in [1.165, 1.54) is 24.3 Å². The van der Waals surface area contributed by atoms with Gasteiger partial charge in [-0.2, -0.15) is 0 Å². The quantitative estimate of drug-likeness (QED) is 0.355. The molecule has 0 bridgehead atoms. The van der Waals surface area contributed by atoms with Crippen LogP contribution in [0.3, 0.4) is 0 Å². The van der Waals surface area contributed by atoms with E-state index < -0.39 is 4.92 Å². The first-order valence-electron chi connectivity index (χ1n) is 9.99. The predicted octanol–water partition coefficient (Wildman–Crippen LogP) is 3.16. The Bertz CT molecular complexity index is 743. The van der Waals surface area contributed by atoms with Crippen molar-refractivity contribution in [3.63, 3.8) is 0 Å². The van der Waals surface area contributed by atoms with Gasteiger partial charge in [0.15, 0.2) is 0 Å². The molecule has 0 aliphatic heterocycles. The number of nitro groups is 1. The number of quaternary nitrogens is 1. The zero-order valence-electron chi connectivity index (χ0n) is 16.7. The van der Waals surface area contributed by atoms with Gasteiger partial charge in [0.25, 0.3) is 11.6 Å². The fraction of sp³-hybridized carbons (Fsp3) is 0.409. The van der Waals surface area contributed by atoms with Gasteiger partial charge in [0.1, 0.15) is 0 Å². The number of rotatable bonds is 11. The Morgan fingerprint density at radius 1 is 1.04 bits per heavy atom. The Labute approximate surface area is 166 Å². The molecule has 0 spiro atoms. The molecule has 0 aliphatic rings. The Hall–Kier alpha value is -2.73. The topological polar surface area (TPSA) is 76.7 Å². The van der Waals surface area contributed by atoms with Gasteiger partial charge in [-0.15, -0.1) is 0 Å². The average Bonchev–Trinajstić information content (AvgIpc) is 2.73. The van der Waals surface area contributed by atoms with Crippen molar-refractivity contribution in [3.05, 3.63) is 75.8 Å². The number of carbonyl (C=O) groups is 1. The highest BCUT2D eigenvalue weighted by atomic mass is 16.6. The van der Waals surface area contributed by atoms with Crippen molar-refractivity contribution in [1.82, 2.24) is 5.32 Å². The van der Waals surface area contributed by atoms with Crippen molar-refractivity contribution >= 4 is 11.6 Å². The Morgan fingerprint density at radius 3 is 2.25 bits per heavy atom. The maximum atomic E-state index is 12.7. The SMILES string of the molecule is CC[NH+](CC)CCCCC(NC(=O)c1ccc([N+](=O)[O-])cc1)c1ccccc1. The second-order valence-electron chi connectivity index (χ2n) is 6.94. The van der Waals surface area contributed by atoms with Gasteiger partial charge >= 0.3 is 0 Å². The number of hydrogen-bond donors (Lipinski definition) is 2. The van der Waals surface area contributed by atoms with Crippen LogP contribution in [0.25, 0.3) is 0 Å². The van der Waals surface area contributed by atoms with Crippen LogP contribution in [0.1, 0.15) is 55.1 Å². The Kier molecular flexibility index (Phi) is 8.62. The summed E-state index contributed by atoms with van der Waals surface area (Å²) >= 11 is 0. The van der Waals surface area contributed by atoms with E-state index in [9.17, 15) is 14.9 Å². The van der Waals surface area contributed by atoms with E-state index in [1.54, 1.807) is 4.90 Å². The van der Waals surface area contributed by atoms with Gasteiger partial charge in [-0.3, -0.25) is 14.9 Å². The zero-order chi connectivity index (χ0) is 20.4. The smallest absolute Gasteiger partial charge is 0.269 e. The first-order chi connectivity index (χ1) is 13.5. The molecule has 0 radical (unpaired) electrons. The molecule has 1 atom stereocenters. The van der Waals surface area contributed by atoms with Crippen molar-refractivity contribution in [2.24, 2.45) is 0 Å². The lowest BCUT2D eigenvalue weighted by Crippen LogP contribution is -3.11. The number of benzene rings is 2. The van der Waals surface area contributed by atoms with Gasteiger partial charge < -0.3 is 10.2 Å². The molecule has 0 heterocycles. The van der Waals surface area contributed by atoms with Gasteiger partial charge in [0.2, 0.25) is 0 Å². The second-order valence-corrected chi connectivity index (χ2v) is 6.94. The van der Waals surface area contributed by atoms with E-state index in [0.29, 0.717) is 5.56 Å². The summed E-state index contributed by atoms with van der Waals surface area (Å²) in [5, 5.41) is 13.9. The molecule has 6 heteroatoms. The molecule has 0 aromatic heterocycles. The van der Waals surface area contributed by atoms with Crippen molar-refractivity contribution in [2.75, 3.05) is 19.6 Å². The number of unbranched alkanes of at least 4 members (excludes halogenated alkanes) is 1. The molecule has 6 nitrogen and oxygen atoms in total. The molecule has 2 rings (SSSR count). The summed E-state index contributed by atoms with van der Waals surface area (Å²) in [6.07, 6.45) is 3.01. The molecule has 0 aliphatic carbocycles. The average molecular weight is 385 g/mol. The summed E-state index contributed by atoms with van der Waals surface area (Å²) in [5.41, 5.74) is 1.49. The summed E-state index contributed by atoms with van der Waals surface area (Å²) < 4.78 is 0. The van der Waals surface area contributed by atoms with Crippen LogP contribution in [0.15, 0.2) is 54.6 Å². The predicted molar refractivity (Wildman–Crippen MR) is 111 cm³/mol. The summed E-state index contributed by atoms with van der Waals surface area (Å²) in [4.78, 5) is 24.6. The Morgan fingerprint density at radius 2 is 1.68 bits per heavy atom. The summed E-state index contributed by atoms with van der Waals surface area (Å²) in [6.45, 7) is 7.82. The highest BCUT2D eigenvalue weighted by molar-refractivity contribution is 5.94. The summed E-state index contributed by atoms with van der Waals surface area (Å²) in [5.74, 6) is -0.210. The van der Waals surface area contributed by atoms with E-state index in [2.05, 4.69) is 19.2 Å². The van der Waals surface area contributed by atoms with E-state index in [4.69, 9.17) is 0 Å². The number of amides is 1. The Balaban J connectivity index is 2.01. The third kappa shape index (κ3) is 6.46. The number of nitrogens with zero attached hydrogens (tertiary/aromatic N) is 1. The van der Waals surface area contributed by atoms with Crippen LogP contribution in [0.4, 0.5) is 5.69 Å². The fourth-order valence-corrected chi connectivity index (χ4v) is 3.31. The molecular weight excluding hydrogens is 354 g/mol. The number of nitrogens with one attached hydrogen (secondary N) is 2. The van der Waals surface area contributed by atoms with Crippen LogP contribution < -0.4 is 10.2 Å². The minimum Gasteiger partial charge on any atom is -0.345 e. The van der Waals surface area contributed by atoms with Crippen molar-refractivity contribution in [1.29, 1.82) is 0 Å². The second kappa shape index (κ2) is 11.2. The van der Waals surface area contributed by atoms with Crippen LogP contribution in [0.2, 0.25) is 0 Å². The van der Waals surface area contributed by atoms with Crippen molar-refractivity contribution in [3.8, 4) is 0 Å². The molecule has 0 saturated carbocycles. The van der Waals surface area contributed by atoms with Gasteiger partial charge in [-0.25, -0.2) is 0 Å². The zero-order valence-corrected chi connectivity index (χ0v) is 16.7. The molecule has 2 aromatic rings. The third-order valence-corrected chi connectivity index (χ3v) is 5.12.